The summed E-state index contributed by atoms with van der Waals surface area (Å²) >= 11 is 0. The Labute approximate surface area is 218 Å². The van der Waals surface area contributed by atoms with Gasteiger partial charge in [-0.1, -0.05) is 130 Å². The van der Waals surface area contributed by atoms with Crippen LogP contribution in [-0.4, -0.2) is 52.6 Å². The molecule has 0 aliphatic rings. The molecular weight excluding hydrogens is 461 g/mol. The van der Waals surface area contributed by atoms with Crippen LogP contribution in [0.4, 0.5) is 0 Å². The molecule has 3 N–H and O–H groups in total. The van der Waals surface area contributed by atoms with Crippen molar-refractivity contribution in [3.8, 4) is 0 Å². The third kappa shape index (κ3) is 36.3. The van der Waals surface area contributed by atoms with Gasteiger partial charge < -0.3 is 19.8 Å². The summed E-state index contributed by atoms with van der Waals surface area (Å²) in [6.07, 6.45) is 25.7. The fourth-order valence-corrected chi connectivity index (χ4v) is 4.44. The van der Waals surface area contributed by atoms with Gasteiger partial charge in [-0.05, 0) is 32.4 Å². The van der Waals surface area contributed by atoms with Gasteiger partial charge in [-0.2, -0.15) is 0 Å². The van der Waals surface area contributed by atoms with Crippen LogP contribution in [-0.2, 0) is 9.09 Å². The largest absolute Gasteiger partial charge is 0.469 e. The van der Waals surface area contributed by atoms with E-state index in [1.54, 1.807) is 0 Å². The average Bonchev–Trinajstić information content (AvgIpc) is 2.82. The molecule has 214 valence electrons. The number of phosphoric acid groups is 1. The summed E-state index contributed by atoms with van der Waals surface area (Å²) in [6, 6.07) is 0. The first-order valence-electron chi connectivity index (χ1n) is 14.9. The minimum absolute atomic E-state index is 0.169. The van der Waals surface area contributed by atoms with Crippen molar-refractivity contribution in [3.05, 3.63) is 0 Å². The Balaban J connectivity index is 0. The molecule has 0 aliphatic heterocycles. The van der Waals surface area contributed by atoms with E-state index in [1.165, 1.54) is 109 Å². The second-order valence-electron chi connectivity index (χ2n) is 9.90. The molecule has 0 aromatic carbocycles. The molecular formula is C28H62NO5P. The lowest BCUT2D eigenvalue weighted by Gasteiger charge is -2.20. The molecule has 0 rings (SSSR count). The van der Waals surface area contributed by atoms with E-state index in [2.05, 4.69) is 30.2 Å². The van der Waals surface area contributed by atoms with Gasteiger partial charge in [0, 0.05) is 6.54 Å². The Kier molecular flexibility index (Phi) is 32.1. The predicted octanol–water partition coefficient (Wildman–Crippen LogP) is 8.24. The third-order valence-electron chi connectivity index (χ3n) is 6.33. The molecule has 0 saturated heterocycles. The Morgan fingerprint density at radius 2 is 0.886 bits per heavy atom. The van der Waals surface area contributed by atoms with Crippen LogP contribution in [0.3, 0.4) is 0 Å². The van der Waals surface area contributed by atoms with Gasteiger partial charge in [0.25, 0.3) is 0 Å². The van der Waals surface area contributed by atoms with Crippen molar-refractivity contribution in [3.63, 3.8) is 0 Å². The van der Waals surface area contributed by atoms with E-state index in [0.717, 1.165) is 38.9 Å². The molecule has 6 nitrogen and oxygen atoms in total. The number of phosphoric ester groups is 1. The van der Waals surface area contributed by atoms with Crippen molar-refractivity contribution < 1.29 is 24.0 Å². The van der Waals surface area contributed by atoms with E-state index in [0.29, 0.717) is 6.61 Å². The number of hydrogen-bond acceptors (Lipinski definition) is 4. The minimum Gasteiger partial charge on any atom is -0.395 e. The van der Waals surface area contributed by atoms with Crippen LogP contribution >= 0.6 is 7.82 Å². The van der Waals surface area contributed by atoms with Crippen LogP contribution in [0, 0.1) is 0 Å². The number of aliphatic hydroxyl groups is 1. The van der Waals surface area contributed by atoms with E-state index in [4.69, 9.17) is 14.9 Å². The molecule has 0 unspecified atom stereocenters. The summed E-state index contributed by atoms with van der Waals surface area (Å²) in [5, 5.41) is 8.79. The quantitative estimate of drug-likeness (QED) is 0.0781. The SMILES string of the molecule is CCCCCCCCCCCCCCCCCCOP(=O)(O)O.CCCCN(CCO)CCCC. The van der Waals surface area contributed by atoms with E-state index < -0.39 is 7.82 Å². The van der Waals surface area contributed by atoms with E-state index >= 15 is 0 Å². The van der Waals surface area contributed by atoms with Crippen molar-refractivity contribution in [1.29, 1.82) is 0 Å². The zero-order chi connectivity index (χ0) is 26.5. The summed E-state index contributed by atoms with van der Waals surface area (Å²) in [4.78, 5) is 19.4. The molecule has 0 aliphatic carbocycles. The standard InChI is InChI=1S/C18H39O4P.C10H23NO/c1-2-3-4-5-6-7-8-9-10-11-12-13-14-15-16-17-18-22-23(19,20)21;1-3-5-7-11(9-10-12)8-6-4-2/h2-18H2,1H3,(H2,19,20,21);12H,3-10H2,1-2H3. The fourth-order valence-electron chi connectivity index (χ4n) is 4.07. The lowest BCUT2D eigenvalue weighted by molar-refractivity contribution is 0.192. The predicted molar refractivity (Wildman–Crippen MR) is 151 cm³/mol. The molecule has 0 bridgehead atoms. The molecule has 0 saturated carbocycles. The Morgan fingerprint density at radius 1 is 0.543 bits per heavy atom. The Hall–Kier alpha value is 0.0300. The van der Waals surface area contributed by atoms with Crippen LogP contribution < -0.4 is 0 Å². The van der Waals surface area contributed by atoms with Gasteiger partial charge in [-0.25, -0.2) is 4.57 Å². The maximum absolute atomic E-state index is 10.5. The van der Waals surface area contributed by atoms with Gasteiger partial charge in [-0.3, -0.25) is 4.52 Å². The molecule has 0 spiro atoms. The van der Waals surface area contributed by atoms with Crippen molar-refractivity contribution in [2.75, 3.05) is 32.8 Å². The van der Waals surface area contributed by atoms with Gasteiger partial charge in [0.05, 0.1) is 13.2 Å². The molecule has 0 aromatic rings. The van der Waals surface area contributed by atoms with Crippen LogP contribution in [0.5, 0.6) is 0 Å². The summed E-state index contributed by atoms with van der Waals surface area (Å²) in [7, 11) is -4.26. The molecule has 7 heteroatoms. The molecule has 0 atom stereocenters. The van der Waals surface area contributed by atoms with Gasteiger partial charge in [0.1, 0.15) is 0 Å². The molecule has 0 amide bonds. The highest BCUT2D eigenvalue weighted by atomic mass is 31.2. The summed E-state index contributed by atoms with van der Waals surface area (Å²) in [5.41, 5.74) is 0. The van der Waals surface area contributed by atoms with Gasteiger partial charge in [0.15, 0.2) is 0 Å². The van der Waals surface area contributed by atoms with Crippen LogP contribution in [0.25, 0.3) is 0 Å². The number of unbranched alkanes of at least 4 members (excludes halogenated alkanes) is 17. The summed E-state index contributed by atoms with van der Waals surface area (Å²) in [5.74, 6) is 0. The molecule has 0 heterocycles. The minimum atomic E-state index is -4.26. The maximum Gasteiger partial charge on any atom is 0.469 e. The highest BCUT2D eigenvalue weighted by Gasteiger charge is 2.12. The van der Waals surface area contributed by atoms with E-state index in [9.17, 15) is 4.57 Å². The van der Waals surface area contributed by atoms with Crippen molar-refractivity contribution >= 4 is 7.82 Å². The summed E-state index contributed by atoms with van der Waals surface area (Å²) < 4.78 is 14.9. The van der Waals surface area contributed by atoms with Crippen LogP contribution in [0.2, 0.25) is 0 Å². The maximum atomic E-state index is 10.5. The van der Waals surface area contributed by atoms with Crippen LogP contribution in [0.1, 0.15) is 149 Å². The molecule has 35 heavy (non-hydrogen) atoms. The van der Waals surface area contributed by atoms with Gasteiger partial charge in [-0.15, -0.1) is 0 Å². The molecule has 0 fully saturated rings. The fraction of sp³-hybridized carbons (Fsp3) is 1.00. The highest BCUT2D eigenvalue weighted by molar-refractivity contribution is 7.46. The highest BCUT2D eigenvalue weighted by Crippen LogP contribution is 2.35. The number of nitrogens with zero attached hydrogens (tertiary/aromatic N) is 1. The van der Waals surface area contributed by atoms with Gasteiger partial charge in [0.2, 0.25) is 0 Å². The first-order chi connectivity index (χ1) is 16.9. The van der Waals surface area contributed by atoms with Crippen molar-refractivity contribution in [2.45, 2.75) is 149 Å². The topological polar surface area (TPSA) is 90.2 Å². The normalized spacial score (nSPS) is 11.6. The number of aliphatic hydroxyl groups excluding tert-OH is 1. The van der Waals surface area contributed by atoms with E-state index in [-0.39, 0.29) is 6.61 Å². The first kappa shape index (κ1) is 37.2. The lowest BCUT2D eigenvalue weighted by Crippen LogP contribution is -2.28. The Morgan fingerprint density at radius 3 is 1.20 bits per heavy atom. The number of rotatable bonds is 26. The second-order valence-corrected chi connectivity index (χ2v) is 11.1. The average molecular weight is 524 g/mol. The zero-order valence-corrected chi connectivity index (χ0v) is 24.6. The number of hydrogen-bond donors (Lipinski definition) is 3. The monoisotopic (exact) mass is 523 g/mol. The van der Waals surface area contributed by atoms with E-state index in [1.807, 2.05) is 0 Å². The third-order valence-corrected chi connectivity index (χ3v) is 6.85. The van der Waals surface area contributed by atoms with Crippen molar-refractivity contribution in [2.24, 2.45) is 0 Å². The lowest BCUT2D eigenvalue weighted by atomic mass is 10.0. The van der Waals surface area contributed by atoms with Gasteiger partial charge >= 0.3 is 7.82 Å². The zero-order valence-electron chi connectivity index (χ0n) is 23.7. The van der Waals surface area contributed by atoms with Crippen molar-refractivity contribution in [1.82, 2.24) is 4.90 Å². The smallest absolute Gasteiger partial charge is 0.395 e. The second kappa shape index (κ2) is 30.3. The molecule has 0 radical (unpaired) electrons. The van der Waals surface area contributed by atoms with Crippen LogP contribution in [0.15, 0.2) is 0 Å². The Bertz CT molecular complexity index is 426. The molecule has 0 aromatic heterocycles. The summed E-state index contributed by atoms with van der Waals surface area (Å²) in [6.45, 7) is 10.3. The first-order valence-corrected chi connectivity index (χ1v) is 16.5.